The molecule has 0 aliphatic rings. The SMILES string of the molecule is CCCCC(=O)OCCNCCC. The fraction of sp³-hybridized carbons (Fsp3) is 0.900. The number of nitrogens with one attached hydrogen (secondary N) is 1. The summed E-state index contributed by atoms with van der Waals surface area (Å²) in [6.45, 7) is 6.44. The molecule has 0 spiro atoms. The predicted octanol–water partition coefficient (Wildman–Crippen LogP) is 1.72. The Morgan fingerprint density at radius 2 is 2.00 bits per heavy atom. The highest BCUT2D eigenvalue weighted by Crippen LogP contribution is 1.95. The summed E-state index contributed by atoms with van der Waals surface area (Å²) in [5, 5.41) is 3.17. The Labute approximate surface area is 80.8 Å². The summed E-state index contributed by atoms with van der Waals surface area (Å²) in [6.07, 6.45) is 3.65. The smallest absolute Gasteiger partial charge is 0.305 e. The first-order valence-corrected chi connectivity index (χ1v) is 5.17. The molecule has 0 heterocycles. The van der Waals surface area contributed by atoms with Crippen LogP contribution >= 0.6 is 0 Å². The molecule has 13 heavy (non-hydrogen) atoms. The van der Waals surface area contributed by atoms with E-state index >= 15 is 0 Å². The van der Waals surface area contributed by atoms with Gasteiger partial charge in [-0.05, 0) is 19.4 Å². The van der Waals surface area contributed by atoms with Crippen LogP contribution < -0.4 is 5.32 Å². The van der Waals surface area contributed by atoms with Gasteiger partial charge >= 0.3 is 5.97 Å². The van der Waals surface area contributed by atoms with E-state index in [-0.39, 0.29) is 5.97 Å². The Hall–Kier alpha value is -0.570. The summed E-state index contributed by atoms with van der Waals surface area (Å²) in [5.41, 5.74) is 0. The lowest BCUT2D eigenvalue weighted by Gasteiger charge is -2.04. The number of hydrogen-bond acceptors (Lipinski definition) is 3. The third-order valence-electron chi connectivity index (χ3n) is 1.70. The largest absolute Gasteiger partial charge is 0.464 e. The molecule has 0 saturated heterocycles. The maximum Gasteiger partial charge on any atom is 0.305 e. The lowest BCUT2D eigenvalue weighted by atomic mass is 10.2. The molecule has 1 N–H and O–H groups in total. The molecule has 0 aromatic rings. The Kier molecular flexibility index (Phi) is 9.10. The van der Waals surface area contributed by atoms with E-state index in [1.165, 1.54) is 0 Å². The van der Waals surface area contributed by atoms with Gasteiger partial charge in [0.05, 0.1) is 0 Å². The van der Waals surface area contributed by atoms with Crippen molar-refractivity contribution < 1.29 is 9.53 Å². The van der Waals surface area contributed by atoms with Crippen LogP contribution in [0.2, 0.25) is 0 Å². The van der Waals surface area contributed by atoms with Crippen LogP contribution in [-0.4, -0.2) is 25.7 Å². The van der Waals surface area contributed by atoms with Gasteiger partial charge in [0, 0.05) is 13.0 Å². The van der Waals surface area contributed by atoms with E-state index in [9.17, 15) is 4.79 Å². The van der Waals surface area contributed by atoms with Crippen LogP contribution in [0, 0.1) is 0 Å². The third-order valence-corrected chi connectivity index (χ3v) is 1.70. The van der Waals surface area contributed by atoms with Crippen molar-refractivity contribution in [2.24, 2.45) is 0 Å². The van der Waals surface area contributed by atoms with Gasteiger partial charge in [-0.25, -0.2) is 0 Å². The molecule has 0 aliphatic carbocycles. The Bertz CT molecular complexity index is 126. The van der Waals surface area contributed by atoms with Crippen molar-refractivity contribution in [2.75, 3.05) is 19.7 Å². The second kappa shape index (κ2) is 9.52. The molecule has 0 aromatic carbocycles. The second-order valence-corrected chi connectivity index (χ2v) is 3.07. The quantitative estimate of drug-likeness (QED) is 0.464. The summed E-state index contributed by atoms with van der Waals surface area (Å²) in [6, 6.07) is 0. The molecule has 0 aliphatic heterocycles. The predicted molar refractivity (Wildman–Crippen MR) is 53.6 cm³/mol. The monoisotopic (exact) mass is 187 g/mol. The minimum Gasteiger partial charge on any atom is -0.464 e. The molecule has 0 bridgehead atoms. The summed E-state index contributed by atoms with van der Waals surface area (Å²) in [7, 11) is 0. The number of unbranched alkanes of at least 4 members (excludes halogenated alkanes) is 1. The average Bonchev–Trinajstić information content (AvgIpc) is 2.14. The molecular weight excluding hydrogens is 166 g/mol. The van der Waals surface area contributed by atoms with E-state index in [0.29, 0.717) is 13.0 Å². The molecule has 0 aromatic heterocycles. The first-order chi connectivity index (χ1) is 6.31. The van der Waals surface area contributed by atoms with Gasteiger partial charge in [-0.15, -0.1) is 0 Å². The van der Waals surface area contributed by atoms with Crippen LogP contribution in [-0.2, 0) is 9.53 Å². The Morgan fingerprint density at radius 1 is 1.23 bits per heavy atom. The van der Waals surface area contributed by atoms with Gasteiger partial charge in [0.25, 0.3) is 0 Å². The van der Waals surface area contributed by atoms with Crippen LogP contribution in [0.1, 0.15) is 39.5 Å². The van der Waals surface area contributed by atoms with Crippen LogP contribution in [0.5, 0.6) is 0 Å². The molecule has 0 atom stereocenters. The minimum absolute atomic E-state index is 0.0693. The van der Waals surface area contributed by atoms with Crippen molar-refractivity contribution in [2.45, 2.75) is 39.5 Å². The molecule has 0 rings (SSSR count). The minimum atomic E-state index is -0.0693. The van der Waals surface area contributed by atoms with E-state index in [1.807, 2.05) is 0 Å². The van der Waals surface area contributed by atoms with Gasteiger partial charge < -0.3 is 10.1 Å². The summed E-state index contributed by atoms with van der Waals surface area (Å²) in [4.78, 5) is 11.0. The van der Waals surface area contributed by atoms with E-state index in [1.54, 1.807) is 0 Å². The van der Waals surface area contributed by atoms with Crippen LogP contribution in [0.3, 0.4) is 0 Å². The maximum absolute atomic E-state index is 11.0. The van der Waals surface area contributed by atoms with Crippen molar-refractivity contribution in [3.63, 3.8) is 0 Å². The van der Waals surface area contributed by atoms with Gasteiger partial charge in [-0.2, -0.15) is 0 Å². The third kappa shape index (κ3) is 9.34. The van der Waals surface area contributed by atoms with Gasteiger partial charge in [0.15, 0.2) is 0 Å². The number of rotatable bonds is 8. The maximum atomic E-state index is 11.0. The number of carbonyl (C=O) groups is 1. The summed E-state index contributed by atoms with van der Waals surface area (Å²) < 4.78 is 4.99. The molecule has 0 saturated carbocycles. The van der Waals surface area contributed by atoms with Crippen LogP contribution in [0.25, 0.3) is 0 Å². The van der Waals surface area contributed by atoms with Gasteiger partial charge in [-0.3, -0.25) is 4.79 Å². The van der Waals surface area contributed by atoms with Crippen molar-refractivity contribution in [1.82, 2.24) is 5.32 Å². The van der Waals surface area contributed by atoms with Crippen molar-refractivity contribution in [3.05, 3.63) is 0 Å². The van der Waals surface area contributed by atoms with Gasteiger partial charge in [0.2, 0.25) is 0 Å². The van der Waals surface area contributed by atoms with Gasteiger partial charge in [-0.1, -0.05) is 20.3 Å². The lowest BCUT2D eigenvalue weighted by Crippen LogP contribution is -2.21. The molecule has 3 heteroatoms. The lowest BCUT2D eigenvalue weighted by molar-refractivity contribution is -0.143. The molecule has 78 valence electrons. The van der Waals surface area contributed by atoms with E-state index in [4.69, 9.17) is 4.74 Å². The van der Waals surface area contributed by atoms with Crippen molar-refractivity contribution >= 4 is 5.97 Å². The molecule has 3 nitrogen and oxygen atoms in total. The molecule has 0 radical (unpaired) electrons. The van der Waals surface area contributed by atoms with Crippen molar-refractivity contribution in [3.8, 4) is 0 Å². The standard InChI is InChI=1S/C10H21NO2/c1-3-5-6-10(12)13-9-8-11-7-4-2/h11H,3-9H2,1-2H3. The molecule has 0 unspecified atom stereocenters. The first-order valence-electron chi connectivity index (χ1n) is 5.17. The summed E-state index contributed by atoms with van der Waals surface area (Å²) in [5.74, 6) is -0.0693. The van der Waals surface area contributed by atoms with Crippen LogP contribution in [0.4, 0.5) is 0 Å². The normalized spacial score (nSPS) is 10.0. The second-order valence-electron chi connectivity index (χ2n) is 3.07. The average molecular weight is 187 g/mol. The van der Waals surface area contributed by atoms with E-state index < -0.39 is 0 Å². The molecule has 0 fully saturated rings. The highest BCUT2D eigenvalue weighted by molar-refractivity contribution is 5.69. The van der Waals surface area contributed by atoms with Crippen molar-refractivity contribution in [1.29, 1.82) is 0 Å². The highest BCUT2D eigenvalue weighted by atomic mass is 16.5. The number of hydrogen-bond donors (Lipinski definition) is 1. The fourth-order valence-corrected chi connectivity index (χ4v) is 0.932. The zero-order chi connectivity index (χ0) is 9.94. The molecular formula is C10H21NO2. The van der Waals surface area contributed by atoms with E-state index in [0.717, 1.165) is 32.4 Å². The van der Waals surface area contributed by atoms with Gasteiger partial charge in [0.1, 0.15) is 6.61 Å². The Morgan fingerprint density at radius 3 is 2.62 bits per heavy atom. The number of ether oxygens (including phenoxy) is 1. The summed E-state index contributed by atoms with van der Waals surface area (Å²) >= 11 is 0. The highest BCUT2D eigenvalue weighted by Gasteiger charge is 1.99. The first kappa shape index (κ1) is 12.4. The fourth-order valence-electron chi connectivity index (χ4n) is 0.932. The number of carbonyl (C=O) groups excluding carboxylic acids is 1. The zero-order valence-electron chi connectivity index (χ0n) is 8.77. The van der Waals surface area contributed by atoms with E-state index in [2.05, 4.69) is 19.2 Å². The number of esters is 1. The molecule has 0 amide bonds. The zero-order valence-corrected chi connectivity index (χ0v) is 8.77. The van der Waals surface area contributed by atoms with Crippen LogP contribution in [0.15, 0.2) is 0 Å². The topological polar surface area (TPSA) is 38.3 Å². The Balaban J connectivity index is 3.08.